The minimum absolute atomic E-state index is 0.0602. The van der Waals surface area contributed by atoms with Crippen LogP contribution in [0.3, 0.4) is 0 Å². The lowest BCUT2D eigenvalue weighted by Gasteiger charge is -2.28. The second-order valence-corrected chi connectivity index (χ2v) is 13.6. The molecule has 2 fully saturated rings. The van der Waals surface area contributed by atoms with Crippen LogP contribution in [0, 0.1) is 23.7 Å². The lowest BCUT2D eigenvalue weighted by atomic mass is 9.83. The molecule has 2 aliphatic rings. The molecule has 42 heavy (non-hydrogen) atoms. The molecule has 2 bridgehead atoms. The van der Waals surface area contributed by atoms with Crippen LogP contribution in [0.2, 0.25) is 0 Å². The van der Waals surface area contributed by atoms with Crippen molar-refractivity contribution >= 4 is 23.2 Å². The summed E-state index contributed by atoms with van der Waals surface area (Å²) in [6, 6.07) is 16.0. The number of benzene rings is 2. The van der Waals surface area contributed by atoms with E-state index in [1.165, 1.54) is 32.1 Å². The Balaban J connectivity index is 1.24. The van der Waals surface area contributed by atoms with Crippen molar-refractivity contribution in [1.29, 1.82) is 0 Å². The zero-order valence-corrected chi connectivity index (χ0v) is 26.0. The van der Waals surface area contributed by atoms with Crippen LogP contribution in [-0.2, 0) is 6.54 Å². The number of imidazole rings is 1. The fourth-order valence-electron chi connectivity index (χ4n) is 6.37. The molecule has 0 spiro atoms. The average molecular weight is 586 g/mol. The Bertz CT molecular complexity index is 1420. The van der Waals surface area contributed by atoms with Gasteiger partial charge in [-0.25, -0.2) is 4.98 Å². The average Bonchev–Trinajstić information content (AvgIpc) is 3.32. The maximum atomic E-state index is 13.2. The zero-order valence-electron chi connectivity index (χ0n) is 25.2. The summed E-state index contributed by atoms with van der Waals surface area (Å²) in [5.41, 5.74) is 3.17. The third-order valence-electron chi connectivity index (χ3n) is 8.55. The number of nitrogens with zero attached hydrogens (tertiary/aromatic N) is 3. The van der Waals surface area contributed by atoms with E-state index in [4.69, 9.17) is 11.6 Å². The number of fused-ring (bicyclic) bond motifs is 2. The van der Waals surface area contributed by atoms with E-state index in [1.807, 2.05) is 73.4 Å². The normalized spacial score (nSPS) is 24.7. The number of carbonyl (C=O) groups excluding carboxylic acids is 1. The van der Waals surface area contributed by atoms with Crippen molar-refractivity contribution in [2.45, 2.75) is 75.8 Å². The van der Waals surface area contributed by atoms with Crippen LogP contribution in [0.1, 0.15) is 80.0 Å². The van der Waals surface area contributed by atoms with E-state index in [0.29, 0.717) is 23.4 Å². The zero-order chi connectivity index (χ0) is 29.5. The molecule has 5 rings (SSSR count). The number of amides is 1. The first-order chi connectivity index (χ1) is 20.2. The SMILES string of the molecule is CN(C)Cc1nccn1-c1cccc(NC(=O)c2cccc(C#CC3CNC4CCCC(C)(Cl)CCCC(C3)C4)c2)c1. The molecule has 1 aromatic heterocycles. The molecule has 0 radical (unpaired) electrons. The highest BCUT2D eigenvalue weighted by Crippen LogP contribution is 2.35. The van der Waals surface area contributed by atoms with Crippen molar-refractivity contribution in [1.82, 2.24) is 19.8 Å². The molecule has 2 aromatic carbocycles. The molecule has 2 heterocycles. The summed E-state index contributed by atoms with van der Waals surface area (Å²) in [5, 5.41) is 6.87. The van der Waals surface area contributed by atoms with E-state index >= 15 is 0 Å². The first kappa shape index (κ1) is 30.4. The Labute approximate surface area is 256 Å². The van der Waals surface area contributed by atoms with E-state index in [1.54, 1.807) is 6.20 Å². The molecule has 1 amide bonds. The molecule has 3 aromatic rings. The molecule has 6 nitrogen and oxygen atoms in total. The van der Waals surface area contributed by atoms with Crippen molar-refractivity contribution in [3.8, 4) is 17.5 Å². The molecule has 4 atom stereocenters. The maximum Gasteiger partial charge on any atom is 0.255 e. The highest BCUT2D eigenvalue weighted by Gasteiger charge is 2.28. The number of alkyl halides is 1. The Morgan fingerprint density at radius 2 is 1.95 bits per heavy atom. The topological polar surface area (TPSA) is 62.2 Å². The van der Waals surface area contributed by atoms with Gasteiger partial charge in [-0.3, -0.25) is 4.79 Å². The lowest BCUT2D eigenvalue weighted by Crippen LogP contribution is -2.32. The standard InChI is InChI=1S/C35H44ClN5O/c1-35(36)16-6-9-27-20-28(24-38-30(22-27)12-7-17-35)15-14-26-8-4-10-29(21-26)34(42)39-31-11-5-13-32(23-31)41-19-18-37-33(41)25-40(2)3/h4-5,8,10-11,13,18-19,21,23,27-28,30,38H,6-7,9,12,16-17,20,22,24-25H2,1-3H3,(H,39,42). The number of halogens is 1. The van der Waals surface area contributed by atoms with Crippen molar-refractivity contribution in [3.05, 3.63) is 77.9 Å². The summed E-state index contributed by atoms with van der Waals surface area (Å²) >= 11 is 6.77. The predicted molar refractivity (Wildman–Crippen MR) is 172 cm³/mol. The van der Waals surface area contributed by atoms with Gasteiger partial charge in [0.05, 0.1) is 6.54 Å². The first-order valence-corrected chi connectivity index (χ1v) is 15.7. The smallest absolute Gasteiger partial charge is 0.255 e. The summed E-state index contributed by atoms with van der Waals surface area (Å²) in [4.78, 5) is 19.7. The van der Waals surface area contributed by atoms with Crippen LogP contribution in [-0.4, -0.2) is 51.9 Å². The fourth-order valence-corrected chi connectivity index (χ4v) is 6.64. The van der Waals surface area contributed by atoms with E-state index in [0.717, 1.165) is 55.1 Å². The van der Waals surface area contributed by atoms with Crippen molar-refractivity contribution < 1.29 is 4.79 Å². The number of carbonyl (C=O) groups is 1. The molecule has 2 N–H and O–H groups in total. The van der Waals surface area contributed by atoms with Gasteiger partial charge in [-0.1, -0.05) is 43.2 Å². The van der Waals surface area contributed by atoms with Crippen LogP contribution in [0.25, 0.3) is 5.69 Å². The maximum absolute atomic E-state index is 13.2. The van der Waals surface area contributed by atoms with Gasteiger partial charge in [0, 0.05) is 58.3 Å². The van der Waals surface area contributed by atoms with Crippen molar-refractivity contribution in [2.24, 2.45) is 11.8 Å². The van der Waals surface area contributed by atoms with Crippen LogP contribution in [0.4, 0.5) is 5.69 Å². The van der Waals surface area contributed by atoms with Crippen LogP contribution >= 0.6 is 11.6 Å². The number of aromatic nitrogens is 2. The van der Waals surface area contributed by atoms with Gasteiger partial charge in [0.2, 0.25) is 0 Å². The second-order valence-electron chi connectivity index (χ2n) is 12.6. The lowest BCUT2D eigenvalue weighted by molar-refractivity contribution is 0.102. The van der Waals surface area contributed by atoms with Gasteiger partial charge in [0.25, 0.3) is 5.91 Å². The van der Waals surface area contributed by atoms with E-state index < -0.39 is 0 Å². The molecule has 1 aliphatic carbocycles. The fraction of sp³-hybridized carbons (Fsp3) is 0.486. The van der Waals surface area contributed by atoms with Crippen LogP contribution in [0.15, 0.2) is 60.9 Å². The number of rotatable bonds is 5. The molecule has 222 valence electrons. The summed E-state index contributed by atoms with van der Waals surface area (Å²) in [6.45, 7) is 3.86. The summed E-state index contributed by atoms with van der Waals surface area (Å²) in [6.07, 6.45) is 13.1. The quantitative estimate of drug-likeness (QED) is 0.253. The highest BCUT2D eigenvalue weighted by atomic mass is 35.5. The largest absolute Gasteiger partial charge is 0.322 e. The Morgan fingerprint density at radius 3 is 2.79 bits per heavy atom. The molecule has 1 aliphatic heterocycles. The van der Waals surface area contributed by atoms with Crippen LogP contribution in [0.5, 0.6) is 0 Å². The molecule has 1 saturated carbocycles. The third kappa shape index (κ3) is 8.47. The van der Waals surface area contributed by atoms with E-state index in [-0.39, 0.29) is 10.8 Å². The summed E-state index contributed by atoms with van der Waals surface area (Å²) in [7, 11) is 4.04. The molecule has 1 saturated heterocycles. The second kappa shape index (κ2) is 13.9. The Hall–Kier alpha value is -3.11. The number of anilines is 1. The van der Waals surface area contributed by atoms with Gasteiger partial charge in [-0.05, 0) is 95.4 Å². The van der Waals surface area contributed by atoms with E-state index in [9.17, 15) is 4.79 Å². The molecule has 4 unspecified atom stereocenters. The van der Waals surface area contributed by atoms with E-state index in [2.05, 4.69) is 39.3 Å². The third-order valence-corrected chi connectivity index (χ3v) is 8.93. The van der Waals surface area contributed by atoms with Gasteiger partial charge in [0.1, 0.15) is 5.82 Å². The molecular formula is C35H44ClN5O. The van der Waals surface area contributed by atoms with Crippen LogP contribution < -0.4 is 10.6 Å². The molecule has 7 heteroatoms. The minimum atomic E-state index is -0.147. The van der Waals surface area contributed by atoms with Crippen molar-refractivity contribution in [3.63, 3.8) is 0 Å². The minimum Gasteiger partial charge on any atom is -0.322 e. The van der Waals surface area contributed by atoms with Gasteiger partial charge in [-0.2, -0.15) is 0 Å². The summed E-state index contributed by atoms with van der Waals surface area (Å²) < 4.78 is 2.05. The number of hydrogen-bond acceptors (Lipinski definition) is 4. The summed E-state index contributed by atoms with van der Waals surface area (Å²) in [5.74, 6) is 8.74. The number of hydrogen-bond donors (Lipinski definition) is 2. The first-order valence-electron chi connectivity index (χ1n) is 15.4. The van der Waals surface area contributed by atoms with Gasteiger partial charge >= 0.3 is 0 Å². The van der Waals surface area contributed by atoms with Gasteiger partial charge < -0.3 is 20.1 Å². The highest BCUT2D eigenvalue weighted by molar-refractivity contribution is 6.23. The number of nitrogens with one attached hydrogen (secondary N) is 2. The monoisotopic (exact) mass is 585 g/mol. The van der Waals surface area contributed by atoms with Gasteiger partial charge in [-0.15, -0.1) is 11.6 Å². The molecular weight excluding hydrogens is 542 g/mol. The predicted octanol–water partition coefficient (Wildman–Crippen LogP) is 6.87. The Morgan fingerprint density at radius 1 is 1.14 bits per heavy atom. The Kier molecular flexibility index (Phi) is 10.1. The van der Waals surface area contributed by atoms with Gasteiger partial charge in [0.15, 0.2) is 0 Å². The van der Waals surface area contributed by atoms with Crippen molar-refractivity contribution in [2.75, 3.05) is 26.0 Å².